The Hall–Kier alpha value is -4.88. The maximum Gasteiger partial charge on any atom is 0.0540 e. The molecule has 0 saturated heterocycles. The van der Waals surface area contributed by atoms with Crippen molar-refractivity contribution in [1.29, 1.82) is 0 Å². The first-order chi connectivity index (χ1) is 18.8. The van der Waals surface area contributed by atoms with E-state index in [1.54, 1.807) is 0 Å². The van der Waals surface area contributed by atoms with Crippen LogP contribution in [0.3, 0.4) is 0 Å². The molecule has 0 spiro atoms. The first-order valence-electron chi connectivity index (χ1n) is 13.2. The Morgan fingerprint density at radius 2 is 0.947 bits per heavy atom. The highest BCUT2D eigenvalue weighted by Gasteiger charge is 2.19. The molecule has 1 nitrogen and oxygen atoms in total. The van der Waals surface area contributed by atoms with Crippen molar-refractivity contribution in [3.05, 3.63) is 163 Å². The third-order valence-corrected chi connectivity index (χ3v) is 7.50. The van der Waals surface area contributed by atoms with Gasteiger partial charge in [-0.25, -0.2) is 0 Å². The number of hydrogen-bond acceptors (Lipinski definition) is 1. The van der Waals surface area contributed by atoms with Crippen LogP contribution >= 0.6 is 0 Å². The van der Waals surface area contributed by atoms with Gasteiger partial charge in [0.05, 0.1) is 5.69 Å². The average Bonchev–Trinajstić information content (AvgIpc) is 3.37. The van der Waals surface area contributed by atoms with E-state index in [9.17, 15) is 0 Å². The number of nitrogens with zero attached hydrogens (tertiary/aromatic N) is 1. The summed E-state index contributed by atoms with van der Waals surface area (Å²) < 4.78 is 0. The molecular weight excluding hydrogens is 458 g/mol. The van der Waals surface area contributed by atoms with E-state index < -0.39 is 0 Å². The van der Waals surface area contributed by atoms with Crippen LogP contribution < -0.4 is 4.90 Å². The molecule has 0 atom stereocenters. The fourth-order valence-corrected chi connectivity index (χ4v) is 5.64. The van der Waals surface area contributed by atoms with Gasteiger partial charge in [-0.3, -0.25) is 0 Å². The van der Waals surface area contributed by atoms with Crippen LogP contribution in [-0.2, 0) is 6.42 Å². The molecule has 0 radical (unpaired) electrons. The van der Waals surface area contributed by atoms with Gasteiger partial charge in [-0.1, -0.05) is 115 Å². The van der Waals surface area contributed by atoms with Crippen molar-refractivity contribution in [1.82, 2.24) is 0 Å². The van der Waals surface area contributed by atoms with E-state index in [0.29, 0.717) is 0 Å². The van der Waals surface area contributed by atoms with Gasteiger partial charge >= 0.3 is 0 Å². The Labute approximate surface area is 224 Å². The average molecular weight is 486 g/mol. The second kappa shape index (κ2) is 9.53. The number of anilines is 3. The lowest BCUT2D eigenvalue weighted by Crippen LogP contribution is -2.11. The van der Waals surface area contributed by atoms with E-state index in [0.717, 1.165) is 23.5 Å². The number of para-hydroxylation sites is 2. The van der Waals surface area contributed by atoms with Crippen LogP contribution in [0.1, 0.15) is 11.1 Å². The molecule has 0 aliphatic heterocycles. The molecule has 6 aromatic carbocycles. The van der Waals surface area contributed by atoms with Crippen molar-refractivity contribution in [2.24, 2.45) is 0 Å². The van der Waals surface area contributed by atoms with Crippen molar-refractivity contribution in [2.75, 3.05) is 4.90 Å². The van der Waals surface area contributed by atoms with Crippen LogP contribution in [0.5, 0.6) is 0 Å². The van der Waals surface area contributed by atoms with Gasteiger partial charge in [0.2, 0.25) is 0 Å². The van der Waals surface area contributed by atoms with Crippen LogP contribution in [-0.4, -0.2) is 0 Å². The lowest BCUT2D eigenvalue weighted by Gasteiger charge is -2.28. The van der Waals surface area contributed by atoms with Crippen molar-refractivity contribution in [2.45, 2.75) is 6.42 Å². The Morgan fingerprint density at radius 1 is 0.368 bits per heavy atom. The fourth-order valence-electron chi connectivity index (χ4n) is 5.64. The minimum absolute atomic E-state index is 1.03. The molecule has 1 aliphatic rings. The number of rotatable bonds is 5. The second-order valence-corrected chi connectivity index (χ2v) is 9.81. The summed E-state index contributed by atoms with van der Waals surface area (Å²) >= 11 is 0. The molecule has 0 aromatic heterocycles. The molecule has 0 unspecified atom stereocenters. The maximum atomic E-state index is 2.36. The van der Waals surface area contributed by atoms with Crippen molar-refractivity contribution in [3.8, 4) is 33.4 Å². The van der Waals surface area contributed by atoms with Gasteiger partial charge in [-0.15, -0.1) is 0 Å². The van der Waals surface area contributed by atoms with E-state index in [1.165, 1.54) is 44.5 Å². The molecule has 38 heavy (non-hydrogen) atoms. The molecule has 0 saturated carbocycles. The quantitative estimate of drug-likeness (QED) is 0.234. The molecule has 0 fully saturated rings. The third-order valence-electron chi connectivity index (χ3n) is 7.50. The first kappa shape index (κ1) is 22.3. The van der Waals surface area contributed by atoms with Gasteiger partial charge in [0.15, 0.2) is 0 Å². The van der Waals surface area contributed by atoms with E-state index in [-0.39, 0.29) is 0 Å². The van der Waals surface area contributed by atoms with Crippen molar-refractivity contribution >= 4 is 17.1 Å². The van der Waals surface area contributed by atoms with Crippen LogP contribution in [0.25, 0.3) is 33.4 Å². The minimum Gasteiger partial charge on any atom is -0.310 e. The monoisotopic (exact) mass is 485 g/mol. The Bertz CT molecular complexity index is 1720. The predicted molar refractivity (Wildman–Crippen MR) is 160 cm³/mol. The van der Waals surface area contributed by atoms with Crippen LogP contribution in [0, 0.1) is 0 Å². The molecule has 1 heteroatoms. The highest BCUT2D eigenvalue weighted by molar-refractivity contribution is 5.89. The standard InChI is InChI=1S/C37H27N/c1-3-11-28(12-4-1)35-17-9-10-18-37(35)38(32-14-5-2-6-15-32)33-23-21-27(22-24-33)29-19-20-31-25-30-13-7-8-16-34(30)36(31)26-29/h1-24,26H,25H2. The summed E-state index contributed by atoms with van der Waals surface area (Å²) in [5, 5.41) is 0. The van der Waals surface area contributed by atoms with Gasteiger partial charge in [0, 0.05) is 16.9 Å². The van der Waals surface area contributed by atoms with E-state index in [4.69, 9.17) is 0 Å². The molecule has 0 heterocycles. The summed E-state index contributed by atoms with van der Waals surface area (Å²) in [5.74, 6) is 0. The zero-order chi connectivity index (χ0) is 25.3. The summed E-state index contributed by atoms with van der Waals surface area (Å²) in [6.45, 7) is 0. The smallest absolute Gasteiger partial charge is 0.0540 e. The highest BCUT2D eigenvalue weighted by atomic mass is 15.1. The Kier molecular flexibility index (Phi) is 5.60. The number of benzene rings is 6. The molecular formula is C37H27N. The van der Waals surface area contributed by atoms with Crippen LogP contribution in [0.15, 0.2) is 152 Å². The molecule has 0 bridgehead atoms. The topological polar surface area (TPSA) is 3.24 Å². The van der Waals surface area contributed by atoms with Gasteiger partial charge < -0.3 is 4.90 Å². The summed E-state index contributed by atoms with van der Waals surface area (Å²) in [6, 6.07) is 54.6. The molecule has 180 valence electrons. The largest absolute Gasteiger partial charge is 0.310 e. The van der Waals surface area contributed by atoms with Gasteiger partial charge in [0.1, 0.15) is 0 Å². The molecule has 0 N–H and O–H groups in total. The van der Waals surface area contributed by atoms with Gasteiger partial charge in [-0.05, 0) is 81.8 Å². The van der Waals surface area contributed by atoms with Gasteiger partial charge in [0.25, 0.3) is 0 Å². The van der Waals surface area contributed by atoms with E-state index in [1.807, 2.05) is 0 Å². The summed E-state index contributed by atoms with van der Waals surface area (Å²) in [5.41, 5.74) is 13.9. The van der Waals surface area contributed by atoms with Crippen LogP contribution in [0.2, 0.25) is 0 Å². The SMILES string of the molecule is c1ccc(-c2ccccc2N(c2ccccc2)c2ccc(-c3ccc4c(c3)-c3ccccc3C4)cc2)cc1. The first-order valence-corrected chi connectivity index (χ1v) is 13.2. The summed E-state index contributed by atoms with van der Waals surface area (Å²) in [7, 11) is 0. The van der Waals surface area contributed by atoms with Crippen molar-refractivity contribution in [3.63, 3.8) is 0 Å². The third kappa shape index (κ3) is 3.99. The Balaban J connectivity index is 1.30. The normalized spacial score (nSPS) is 11.6. The number of hydrogen-bond donors (Lipinski definition) is 0. The minimum atomic E-state index is 1.03. The van der Waals surface area contributed by atoms with Gasteiger partial charge in [-0.2, -0.15) is 0 Å². The number of fused-ring (bicyclic) bond motifs is 3. The van der Waals surface area contributed by atoms with E-state index >= 15 is 0 Å². The second-order valence-electron chi connectivity index (χ2n) is 9.81. The molecule has 7 rings (SSSR count). The Morgan fingerprint density at radius 3 is 1.74 bits per heavy atom. The molecule has 6 aromatic rings. The summed E-state index contributed by atoms with van der Waals surface area (Å²) in [6.07, 6.45) is 1.03. The lowest BCUT2D eigenvalue weighted by atomic mass is 9.98. The zero-order valence-electron chi connectivity index (χ0n) is 21.1. The zero-order valence-corrected chi connectivity index (χ0v) is 21.1. The molecule has 1 aliphatic carbocycles. The maximum absolute atomic E-state index is 2.36. The fraction of sp³-hybridized carbons (Fsp3) is 0.0270. The van der Waals surface area contributed by atoms with E-state index in [2.05, 4.69) is 157 Å². The lowest BCUT2D eigenvalue weighted by molar-refractivity contribution is 1.26. The molecule has 0 amide bonds. The van der Waals surface area contributed by atoms with Crippen LogP contribution in [0.4, 0.5) is 17.1 Å². The predicted octanol–water partition coefficient (Wildman–Crippen LogP) is 10.1. The van der Waals surface area contributed by atoms with Crippen molar-refractivity contribution < 1.29 is 0 Å². The summed E-state index contributed by atoms with van der Waals surface area (Å²) in [4.78, 5) is 2.35. The highest BCUT2D eigenvalue weighted by Crippen LogP contribution is 2.42.